The minimum Gasteiger partial charge on any atom is -0.324 e. The third-order valence-electron chi connectivity index (χ3n) is 1.82. The monoisotopic (exact) mass is 204 g/mol. The van der Waals surface area contributed by atoms with Crippen molar-refractivity contribution in [1.82, 2.24) is 0 Å². The smallest absolute Gasteiger partial charge is 0.324 e. The number of nitriles is 1. The molecule has 0 unspecified atom stereocenters. The van der Waals surface area contributed by atoms with Crippen LogP contribution in [-0.4, -0.2) is 10.7 Å². The summed E-state index contributed by atoms with van der Waals surface area (Å²) in [4.78, 5) is 5.13. The highest BCUT2D eigenvalue weighted by atomic mass is 16.6. The lowest BCUT2D eigenvalue weighted by molar-refractivity contribution is -0.564. The van der Waals surface area contributed by atoms with Crippen molar-refractivity contribution in [3.05, 3.63) is 29.8 Å². The van der Waals surface area contributed by atoms with Crippen LogP contribution in [0.1, 0.15) is 19.4 Å². The maximum Gasteiger partial charge on any atom is 0.484 e. The van der Waals surface area contributed by atoms with Crippen molar-refractivity contribution in [2.45, 2.75) is 26.8 Å². The second kappa shape index (κ2) is 5.11. The lowest BCUT2D eigenvalue weighted by Crippen LogP contribution is -2.13. The van der Waals surface area contributed by atoms with Gasteiger partial charge in [0.25, 0.3) is 0 Å². The van der Waals surface area contributed by atoms with Gasteiger partial charge in [0.05, 0.1) is 0 Å². The third kappa shape index (κ3) is 3.39. The summed E-state index contributed by atoms with van der Waals surface area (Å²) in [5, 5.41) is 12.5. The first kappa shape index (κ1) is 11.2. The van der Waals surface area contributed by atoms with Crippen molar-refractivity contribution in [3.8, 4) is 11.9 Å². The zero-order valence-corrected chi connectivity index (χ0v) is 9.14. The average Bonchev–Trinajstić information content (AvgIpc) is 2.18. The van der Waals surface area contributed by atoms with E-state index in [1.807, 2.05) is 45.2 Å². The first-order valence-electron chi connectivity index (χ1n) is 4.77. The molecule has 4 nitrogen and oxygen atoms in total. The Balaban J connectivity index is 2.76. The first-order valence-corrected chi connectivity index (χ1v) is 4.77. The standard InChI is InChI=1S/C11H14N3O/c1-9(2)14(8-12)13-15-11-6-4-5-10(3)7-11/h4-7,9H,1-3H3/q+1. The average molecular weight is 204 g/mol. The Bertz CT molecular complexity index is 405. The summed E-state index contributed by atoms with van der Waals surface area (Å²) in [5.74, 6) is 0.635. The second-order valence-corrected chi connectivity index (χ2v) is 3.53. The molecule has 15 heavy (non-hydrogen) atoms. The molecule has 0 aliphatic carbocycles. The van der Waals surface area contributed by atoms with Crippen LogP contribution in [0.3, 0.4) is 0 Å². The summed E-state index contributed by atoms with van der Waals surface area (Å²) in [6, 6.07) is 7.51. The van der Waals surface area contributed by atoms with Gasteiger partial charge in [-0.1, -0.05) is 12.1 Å². The van der Waals surface area contributed by atoms with Crippen LogP contribution in [0.2, 0.25) is 0 Å². The van der Waals surface area contributed by atoms with Crippen LogP contribution in [0.5, 0.6) is 5.75 Å². The van der Waals surface area contributed by atoms with Crippen LogP contribution in [0.4, 0.5) is 0 Å². The van der Waals surface area contributed by atoms with Crippen LogP contribution in [-0.2, 0) is 0 Å². The molecule has 0 fully saturated rings. The molecular formula is C11H14N3O+. The van der Waals surface area contributed by atoms with Crippen LogP contribution in [0, 0.1) is 18.4 Å². The zero-order chi connectivity index (χ0) is 11.3. The molecule has 0 atom stereocenters. The molecule has 0 radical (unpaired) electrons. The van der Waals surface area contributed by atoms with E-state index in [1.165, 1.54) is 4.70 Å². The van der Waals surface area contributed by atoms with Crippen LogP contribution < -0.4 is 4.84 Å². The Morgan fingerprint density at radius 2 is 2.20 bits per heavy atom. The van der Waals surface area contributed by atoms with E-state index in [4.69, 9.17) is 10.1 Å². The summed E-state index contributed by atoms with van der Waals surface area (Å²) >= 11 is 0. The number of nitrogens with zero attached hydrogens (tertiary/aromatic N) is 3. The zero-order valence-electron chi connectivity index (χ0n) is 9.14. The normalized spacial score (nSPS) is 11.3. The molecule has 1 aromatic rings. The number of hydrogen-bond donors (Lipinski definition) is 0. The van der Waals surface area contributed by atoms with E-state index >= 15 is 0 Å². The molecule has 1 aromatic carbocycles. The van der Waals surface area contributed by atoms with Gasteiger partial charge in [0.1, 0.15) is 11.3 Å². The van der Waals surface area contributed by atoms with Gasteiger partial charge < -0.3 is 4.84 Å². The topological polar surface area (TPSA) is 48.4 Å². The summed E-state index contributed by atoms with van der Waals surface area (Å²) in [6.07, 6.45) is 1.93. The predicted molar refractivity (Wildman–Crippen MR) is 55.2 cm³/mol. The minimum absolute atomic E-state index is 0.000177. The molecule has 0 aliphatic heterocycles. The van der Waals surface area contributed by atoms with Crippen LogP contribution >= 0.6 is 0 Å². The minimum atomic E-state index is -0.000177. The SMILES string of the molecule is Cc1cccc(ON=[N+](C#N)C(C)C)c1. The van der Waals surface area contributed by atoms with Crippen molar-refractivity contribution < 1.29 is 9.53 Å². The molecule has 0 heterocycles. The fraction of sp³-hybridized carbons (Fsp3) is 0.364. The van der Waals surface area contributed by atoms with Gasteiger partial charge in [-0.25, -0.2) is 0 Å². The van der Waals surface area contributed by atoms with E-state index in [1.54, 1.807) is 6.07 Å². The molecule has 0 aromatic heterocycles. The second-order valence-electron chi connectivity index (χ2n) is 3.53. The van der Waals surface area contributed by atoms with Gasteiger partial charge in [-0.3, -0.25) is 0 Å². The maximum absolute atomic E-state index is 8.73. The number of benzene rings is 1. The molecule has 1 rings (SSSR count). The number of aryl methyl sites for hydroxylation is 1. The van der Waals surface area contributed by atoms with Crippen LogP contribution in [0.25, 0.3) is 0 Å². The Hall–Kier alpha value is -1.89. The summed E-state index contributed by atoms with van der Waals surface area (Å²) in [6.45, 7) is 5.70. The lowest BCUT2D eigenvalue weighted by atomic mass is 10.2. The molecule has 0 saturated heterocycles. The molecule has 0 amide bonds. The fourth-order valence-electron chi connectivity index (χ4n) is 0.991. The van der Waals surface area contributed by atoms with E-state index in [0.29, 0.717) is 5.75 Å². The lowest BCUT2D eigenvalue weighted by Gasteiger charge is -1.99. The Kier molecular flexibility index (Phi) is 3.81. The van der Waals surface area contributed by atoms with E-state index in [2.05, 4.69) is 5.28 Å². The predicted octanol–water partition coefficient (Wildman–Crippen LogP) is 2.64. The molecule has 0 N–H and O–H groups in total. The Morgan fingerprint density at radius 3 is 2.73 bits per heavy atom. The van der Waals surface area contributed by atoms with Gasteiger partial charge >= 0.3 is 6.19 Å². The molecule has 4 heteroatoms. The highest BCUT2D eigenvalue weighted by Crippen LogP contribution is 2.12. The van der Waals surface area contributed by atoms with E-state index in [-0.39, 0.29) is 6.04 Å². The third-order valence-corrected chi connectivity index (χ3v) is 1.82. The van der Waals surface area contributed by atoms with E-state index < -0.39 is 0 Å². The first-order chi connectivity index (χ1) is 7.13. The van der Waals surface area contributed by atoms with Crippen molar-refractivity contribution in [2.75, 3.05) is 0 Å². The Morgan fingerprint density at radius 1 is 1.47 bits per heavy atom. The van der Waals surface area contributed by atoms with Gasteiger partial charge in [0.2, 0.25) is 0 Å². The van der Waals surface area contributed by atoms with Crippen molar-refractivity contribution in [2.24, 2.45) is 5.28 Å². The van der Waals surface area contributed by atoms with Gasteiger partial charge in [-0.05, 0) is 43.2 Å². The maximum atomic E-state index is 8.73. The van der Waals surface area contributed by atoms with E-state index in [9.17, 15) is 0 Å². The van der Waals surface area contributed by atoms with Gasteiger partial charge in [0.15, 0.2) is 11.0 Å². The molecule has 0 spiro atoms. The summed E-state index contributed by atoms with van der Waals surface area (Å²) < 4.78 is 1.21. The molecule has 0 saturated carbocycles. The molecule has 78 valence electrons. The summed E-state index contributed by atoms with van der Waals surface area (Å²) in [5.41, 5.74) is 1.09. The molecule has 0 aliphatic rings. The van der Waals surface area contributed by atoms with Gasteiger partial charge in [-0.15, -0.1) is 0 Å². The van der Waals surface area contributed by atoms with Gasteiger partial charge in [0, 0.05) is 0 Å². The van der Waals surface area contributed by atoms with Crippen LogP contribution in [0.15, 0.2) is 29.5 Å². The van der Waals surface area contributed by atoms with Crippen molar-refractivity contribution in [3.63, 3.8) is 0 Å². The Labute approximate surface area is 89.4 Å². The van der Waals surface area contributed by atoms with E-state index in [0.717, 1.165) is 5.56 Å². The quantitative estimate of drug-likeness (QED) is 0.250. The van der Waals surface area contributed by atoms with Gasteiger partial charge in [-0.2, -0.15) is 0 Å². The molecular weight excluding hydrogens is 190 g/mol. The number of rotatable bonds is 3. The fourth-order valence-corrected chi connectivity index (χ4v) is 0.991. The summed E-state index contributed by atoms with van der Waals surface area (Å²) in [7, 11) is 0. The molecule has 0 bridgehead atoms. The highest BCUT2D eigenvalue weighted by molar-refractivity contribution is 5.26. The number of hydrogen-bond acceptors (Lipinski definition) is 3. The van der Waals surface area contributed by atoms with Crippen molar-refractivity contribution in [1.29, 1.82) is 5.26 Å². The highest BCUT2D eigenvalue weighted by Gasteiger charge is 2.08. The van der Waals surface area contributed by atoms with Crippen molar-refractivity contribution >= 4 is 0 Å². The largest absolute Gasteiger partial charge is 0.484 e.